The number of imidazole rings is 1. The highest BCUT2D eigenvalue weighted by atomic mass is 14.9. The van der Waals surface area contributed by atoms with E-state index in [4.69, 9.17) is 0 Å². The summed E-state index contributed by atoms with van der Waals surface area (Å²) in [6, 6.07) is 6.35. The van der Waals surface area contributed by atoms with E-state index in [0.717, 1.165) is 11.0 Å². The van der Waals surface area contributed by atoms with Gasteiger partial charge < -0.3 is 4.98 Å². The summed E-state index contributed by atoms with van der Waals surface area (Å²) in [7, 11) is 0. The molecule has 0 bridgehead atoms. The van der Waals surface area contributed by atoms with E-state index < -0.39 is 0 Å². The zero-order valence-electron chi connectivity index (χ0n) is 7.33. The van der Waals surface area contributed by atoms with Crippen molar-refractivity contribution < 1.29 is 1.43 Å². The van der Waals surface area contributed by atoms with Gasteiger partial charge in [-0.2, -0.15) is 0 Å². The maximum atomic E-state index is 4.16. The molecule has 0 aliphatic rings. The molecule has 12 heavy (non-hydrogen) atoms. The van der Waals surface area contributed by atoms with Crippen molar-refractivity contribution in [2.45, 2.75) is 19.8 Å². The summed E-state index contributed by atoms with van der Waals surface area (Å²) in [5.74, 6) is 0.581. The smallest absolute Gasteiger partial charge is 0.0931 e. The van der Waals surface area contributed by atoms with Crippen molar-refractivity contribution in [1.82, 2.24) is 9.97 Å². The third-order valence-electron chi connectivity index (χ3n) is 2.11. The van der Waals surface area contributed by atoms with E-state index in [1.165, 1.54) is 5.56 Å². The largest absolute Gasteiger partial charge is 0.345 e. The van der Waals surface area contributed by atoms with Gasteiger partial charge in [0.05, 0.1) is 17.4 Å². The quantitative estimate of drug-likeness (QED) is 0.686. The van der Waals surface area contributed by atoms with Crippen LogP contribution >= 0.6 is 0 Å². The predicted octanol–water partition coefficient (Wildman–Crippen LogP) is 2.93. The van der Waals surface area contributed by atoms with Gasteiger partial charge in [-0.3, -0.25) is 0 Å². The Bertz CT molecular complexity index is 392. The molecule has 0 aliphatic heterocycles. The summed E-state index contributed by atoms with van der Waals surface area (Å²) in [5, 5.41) is 0. The van der Waals surface area contributed by atoms with Crippen molar-refractivity contribution >= 4 is 11.0 Å². The molecule has 0 aliphatic carbocycles. The Morgan fingerprint density at radius 1 is 1.42 bits per heavy atom. The first-order chi connectivity index (χ1) is 5.77. The van der Waals surface area contributed by atoms with Crippen LogP contribution in [0.15, 0.2) is 24.5 Å². The average molecular weight is 162 g/mol. The highest BCUT2D eigenvalue weighted by Gasteiger charge is 2.00. The number of aromatic amines is 1. The van der Waals surface area contributed by atoms with Crippen LogP contribution in [-0.2, 0) is 0 Å². The van der Waals surface area contributed by atoms with Crippen LogP contribution in [0.1, 0.15) is 26.8 Å². The highest BCUT2D eigenvalue weighted by Crippen LogP contribution is 2.18. The lowest BCUT2D eigenvalue weighted by molar-refractivity contribution is 0.868. The number of hydrogen-bond donors (Lipinski definition) is 1. The zero-order valence-corrected chi connectivity index (χ0v) is 7.33. The molecule has 0 saturated carbocycles. The number of rotatable bonds is 1. The summed E-state index contributed by atoms with van der Waals surface area (Å²) >= 11 is 0. The topological polar surface area (TPSA) is 28.7 Å². The Hall–Kier alpha value is -1.31. The Morgan fingerprint density at radius 2 is 2.25 bits per heavy atom. The lowest BCUT2D eigenvalue weighted by Gasteiger charge is -2.03. The van der Waals surface area contributed by atoms with E-state index in [1.54, 1.807) is 6.33 Å². The normalized spacial score (nSPS) is 11.2. The van der Waals surface area contributed by atoms with E-state index >= 15 is 0 Å². The second kappa shape index (κ2) is 2.63. The molecule has 1 heterocycles. The van der Waals surface area contributed by atoms with Crippen molar-refractivity contribution in [3.8, 4) is 0 Å². The fraction of sp³-hybridized carbons (Fsp3) is 0.300. The Balaban J connectivity index is 0.000000845. The van der Waals surface area contributed by atoms with Gasteiger partial charge in [0.1, 0.15) is 0 Å². The molecule has 0 amide bonds. The summed E-state index contributed by atoms with van der Waals surface area (Å²) in [6.07, 6.45) is 1.73. The molecule has 2 rings (SSSR count). The first kappa shape index (κ1) is 7.35. The fourth-order valence-corrected chi connectivity index (χ4v) is 1.31. The molecule has 0 radical (unpaired) electrons. The molecule has 0 unspecified atom stereocenters. The molecular formula is C10H14N2. The second-order valence-corrected chi connectivity index (χ2v) is 3.33. The number of H-pyrrole nitrogens is 1. The van der Waals surface area contributed by atoms with Crippen LogP contribution in [0.25, 0.3) is 11.0 Å². The molecule has 0 saturated heterocycles. The van der Waals surface area contributed by atoms with Gasteiger partial charge in [-0.25, -0.2) is 4.98 Å². The lowest BCUT2D eigenvalue weighted by atomic mass is 10.0. The highest BCUT2D eigenvalue weighted by molar-refractivity contribution is 5.75. The van der Waals surface area contributed by atoms with Gasteiger partial charge in [-0.15, -0.1) is 0 Å². The second-order valence-electron chi connectivity index (χ2n) is 3.33. The standard InChI is InChI=1S/C10H12N2.H2/c1-7(2)8-3-4-9-10(5-8)12-6-11-9;/h3-7H,1-2H3,(H,11,12);1H. The number of fused-ring (bicyclic) bond motifs is 1. The van der Waals surface area contributed by atoms with Gasteiger partial charge in [-0.05, 0) is 23.6 Å². The maximum absolute atomic E-state index is 4.16. The number of nitrogens with zero attached hydrogens (tertiary/aromatic N) is 1. The van der Waals surface area contributed by atoms with E-state index in [2.05, 4.69) is 42.0 Å². The van der Waals surface area contributed by atoms with Crippen LogP contribution in [0.2, 0.25) is 0 Å². The van der Waals surface area contributed by atoms with Gasteiger partial charge in [0.25, 0.3) is 0 Å². The molecule has 1 aromatic heterocycles. The van der Waals surface area contributed by atoms with Crippen molar-refractivity contribution in [1.29, 1.82) is 0 Å². The predicted molar refractivity (Wildman–Crippen MR) is 52.3 cm³/mol. The first-order valence-electron chi connectivity index (χ1n) is 4.20. The monoisotopic (exact) mass is 162 g/mol. The van der Waals surface area contributed by atoms with Gasteiger partial charge in [0, 0.05) is 1.43 Å². The van der Waals surface area contributed by atoms with Gasteiger partial charge in [0.15, 0.2) is 0 Å². The molecule has 0 atom stereocenters. The van der Waals surface area contributed by atoms with Crippen molar-refractivity contribution in [2.75, 3.05) is 0 Å². The van der Waals surface area contributed by atoms with Gasteiger partial charge in [-0.1, -0.05) is 19.9 Å². The minimum Gasteiger partial charge on any atom is -0.345 e. The molecule has 2 aromatic rings. The maximum Gasteiger partial charge on any atom is 0.0931 e. The van der Waals surface area contributed by atoms with Crippen LogP contribution in [0, 0.1) is 0 Å². The molecule has 64 valence electrons. The van der Waals surface area contributed by atoms with Gasteiger partial charge >= 0.3 is 0 Å². The summed E-state index contributed by atoms with van der Waals surface area (Å²) in [4.78, 5) is 7.27. The third kappa shape index (κ3) is 1.09. The number of nitrogens with one attached hydrogen (secondary N) is 1. The molecule has 1 aromatic carbocycles. The van der Waals surface area contributed by atoms with E-state index in [0.29, 0.717) is 5.92 Å². The summed E-state index contributed by atoms with van der Waals surface area (Å²) in [6.45, 7) is 4.38. The Morgan fingerprint density at radius 3 is 3.00 bits per heavy atom. The molecular weight excluding hydrogens is 148 g/mol. The van der Waals surface area contributed by atoms with Crippen molar-refractivity contribution in [2.24, 2.45) is 0 Å². The third-order valence-corrected chi connectivity index (χ3v) is 2.11. The number of hydrogen-bond acceptors (Lipinski definition) is 1. The summed E-state index contributed by atoms with van der Waals surface area (Å²) in [5.41, 5.74) is 3.52. The summed E-state index contributed by atoms with van der Waals surface area (Å²) < 4.78 is 0. The van der Waals surface area contributed by atoms with E-state index in [9.17, 15) is 0 Å². The molecule has 2 nitrogen and oxygen atoms in total. The molecule has 0 spiro atoms. The SMILES string of the molecule is CC(C)c1ccc2nc[nH]c2c1.[HH]. The number of benzene rings is 1. The molecule has 2 heteroatoms. The first-order valence-corrected chi connectivity index (χ1v) is 4.20. The van der Waals surface area contributed by atoms with Crippen LogP contribution in [-0.4, -0.2) is 9.97 Å². The molecule has 1 N–H and O–H groups in total. The Labute approximate surface area is 73.1 Å². The Kier molecular flexibility index (Phi) is 1.61. The fourth-order valence-electron chi connectivity index (χ4n) is 1.31. The van der Waals surface area contributed by atoms with Crippen LogP contribution < -0.4 is 0 Å². The van der Waals surface area contributed by atoms with Gasteiger partial charge in [0.2, 0.25) is 0 Å². The van der Waals surface area contributed by atoms with Crippen LogP contribution in [0.3, 0.4) is 0 Å². The minimum absolute atomic E-state index is 0. The van der Waals surface area contributed by atoms with E-state index in [1.807, 2.05) is 0 Å². The lowest BCUT2D eigenvalue weighted by Crippen LogP contribution is -1.85. The van der Waals surface area contributed by atoms with E-state index in [-0.39, 0.29) is 1.43 Å². The van der Waals surface area contributed by atoms with Crippen molar-refractivity contribution in [3.05, 3.63) is 30.1 Å². The minimum atomic E-state index is 0. The average Bonchev–Trinajstić information content (AvgIpc) is 2.49. The van der Waals surface area contributed by atoms with Crippen LogP contribution in [0.4, 0.5) is 0 Å². The zero-order chi connectivity index (χ0) is 8.55. The van der Waals surface area contributed by atoms with Crippen LogP contribution in [0.5, 0.6) is 0 Å². The molecule has 0 fully saturated rings. The number of aromatic nitrogens is 2. The van der Waals surface area contributed by atoms with Crippen molar-refractivity contribution in [3.63, 3.8) is 0 Å².